The van der Waals surface area contributed by atoms with Gasteiger partial charge in [-0.15, -0.1) is 0 Å². The summed E-state index contributed by atoms with van der Waals surface area (Å²) in [5.41, 5.74) is 0.0385. The van der Waals surface area contributed by atoms with E-state index >= 15 is 0 Å². The quantitative estimate of drug-likeness (QED) is 0.725. The second kappa shape index (κ2) is 4.29. The lowest BCUT2D eigenvalue weighted by atomic mass is 10.0. The lowest BCUT2D eigenvalue weighted by Crippen LogP contribution is -2.21. The van der Waals surface area contributed by atoms with Gasteiger partial charge in [0.2, 0.25) is 0 Å². The van der Waals surface area contributed by atoms with Gasteiger partial charge >= 0.3 is 0 Å². The van der Waals surface area contributed by atoms with Crippen LogP contribution in [0.15, 0.2) is 18.2 Å². The predicted molar refractivity (Wildman–Crippen MR) is 54.3 cm³/mol. The van der Waals surface area contributed by atoms with Crippen LogP contribution in [0.3, 0.4) is 0 Å². The third-order valence-electron chi connectivity index (χ3n) is 2.67. The number of carbonyl (C=O) groups excluding carboxylic acids is 1. The van der Waals surface area contributed by atoms with Crippen molar-refractivity contribution in [2.45, 2.75) is 32.0 Å². The van der Waals surface area contributed by atoms with Gasteiger partial charge in [-0.25, -0.2) is 8.78 Å². The molecule has 0 amide bonds. The summed E-state index contributed by atoms with van der Waals surface area (Å²) in [6.45, 7) is 1.87. The Labute approximate surface area is 92.2 Å². The molecule has 0 aromatic heterocycles. The smallest absolute Gasteiger partial charge is 0.191 e. The second-order valence-electron chi connectivity index (χ2n) is 4.04. The van der Waals surface area contributed by atoms with Gasteiger partial charge in [0.25, 0.3) is 0 Å². The fraction of sp³-hybridized carbons (Fsp3) is 0.417. The Morgan fingerprint density at radius 3 is 2.38 bits per heavy atom. The summed E-state index contributed by atoms with van der Waals surface area (Å²) in [6.07, 6.45) is 0.885. The van der Waals surface area contributed by atoms with Gasteiger partial charge in [0, 0.05) is 11.6 Å². The van der Waals surface area contributed by atoms with Gasteiger partial charge in [-0.2, -0.15) is 0 Å². The molecule has 1 heterocycles. The van der Waals surface area contributed by atoms with Crippen molar-refractivity contribution in [3.05, 3.63) is 35.4 Å². The summed E-state index contributed by atoms with van der Waals surface area (Å²) in [6, 6.07) is 2.82. The lowest BCUT2D eigenvalue weighted by Gasteiger charge is -2.10. The zero-order valence-corrected chi connectivity index (χ0v) is 8.87. The van der Waals surface area contributed by atoms with E-state index in [0.29, 0.717) is 6.42 Å². The van der Waals surface area contributed by atoms with Gasteiger partial charge in [0.15, 0.2) is 5.78 Å². The first-order valence-corrected chi connectivity index (χ1v) is 5.22. The number of rotatable bonds is 2. The molecule has 1 aromatic carbocycles. The Hall–Kier alpha value is -1.29. The molecular formula is C12H12F2O2. The monoisotopic (exact) mass is 226 g/mol. The number of hydrogen-bond acceptors (Lipinski definition) is 2. The van der Waals surface area contributed by atoms with Crippen LogP contribution in [-0.4, -0.2) is 18.0 Å². The number of carbonyl (C=O) groups is 1. The summed E-state index contributed by atoms with van der Waals surface area (Å²) in [7, 11) is 0. The molecule has 1 saturated heterocycles. The molecule has 86 valence electrons. The standard InChI is InChI=1S/C12H12F2O2/c1-7-2-3-11(16-7)12(15)8-4-9(13)6-10(14)5-8/h4-7,11H,2-3H2,1H3. The minimum atomic E-state index is -0.741. The first-order valence-electron chi connectivity index (χ1n) is 5.22. The van der Waals surface area contributed by atoms with Crippen LogP contribution in [0, 0.1) is 11.6 Å². The number of ether oxygens (including phenoxy) is 1. The van der Waals surface area contributed by atoms with Crippen molar-refractivity contribution >= 4 is 5.78 Å². The van der Waals surface area contributed by atoms with Gasteiger partial charge in [0.1, 0.15) is 17.7 Å². The van der Waals surface area contributed by atoms with Crippen LogP contribution in [0.5, 0.6) is 0 Å². The summed E-state index contributed by atoms with van der Waals surface area (Å²) >= 11 is 0. The predicted octanol–water partition coefficient (Wildman–Crippen LogP) is 2.72. The van der Waals surface area contributed by atoms with Crippen LogP contribution in [-0.2, 0) is 4.74 Å². The number of benzene rings is 1. The number of Topliss-reactive ketones (excluding diaryl/α,β-unsaturated/α-hetero) is 1. The third-order valence-corrected chi connectivity index (χ3v) is 2.67. The molecule has 0 bridgehead atoms. The Balaban J connectivity index is 2.20. The van der Waals surface area contributed by atoms with Crippen molar-refractivity contribution in [1.82, 2.24) is 0 Å². The van der Waals surface area contributed by atoms with Crippen LogP contribution in [0.2, 0.25) is 0 Å². The average Bonchev–Trinajstić information content (AvgIpc) is 2.62. The van der Waals surface area contributed by atoms with Crippen molar-refractivity contribution in [2.24, 2.45) is 0 Å². The number of halogens is 2. The maximum Gasteiger partial charge on any atom is 0.191 e. The summed E-state index contributed by atoms with van der Waals surface area (Å²) < 4.78 is 31.2. The third kappa shape index (κ3) is 2.27. The highest BCUT2D eigenvalue weighted by Gasteiger charge is 2.29. The van der Waals surface area contributed by atoms with Crippen molar-refractivity contribution in [3.63, 3.8) is 0 Å². The van der Waals surface area contributed by atoms with E-state index < -0.39 is 17.7 Å². The Bertz CT molecular complexity index is 397. The Morgan fingerprint density at radius 2 is 1.88 bits per heavy atom. The molecule has 1 aliphatic rings. The van der Waals surface area contributed by atoms with E-state index in [1.54, 1.807) is 0 Å². The molecule has 1 aromatic rings. The van der Waals surface area contributed by atoms with E-state index in [1.165, 1.54) is 0 Å². The van der Waals surface area contributed by atoms with Crippen LogP contribution in [0.1, 0.15) is 30.1 Å². The Kier molecular flexibility index (Phi) is 3.01. The SMILES string of the molecule is CC1CCC(C(=O)c2cc(F)cc(F)c2)O1. The van der Waals surface area contributed by atoms with Crippen molar-refractivity contribution in [3.8, 4) is 0 Å². The molecule has 0 radical (unpaired) electrons. The van der Waals surface area contributed by atoms with Crippen LogP contribution >= 0.6 is 0 Å². The first kappa shape index (κ1) is 11.2. The van der Waals surface area contributed by atoms with Gasteiger partial charge in [0.05, 0.1) is 6.10 Å². The highest BCUT2D eigenvalue weighted by molar-refractivity contribution is 5.99. The largest absolute Gasteiger partial charge is 0.367 e. The van der Waals surface area contributed by atoms with E-state index in [9.17, 15) is 13.6 Å². The molecule has 0 aliphatic carbocycles. The van der Waals surface area contributed by atoms with E-state index in [2.05, 4.69) is 0 Å². The van der Waals surface area contributed by atoms with Gasteiger partial charge < -0.3 is 4.74 Å². The number of hydrogen-bond donors (Lipinski definition) is 0. The molecular weight excluding hydrogens is 214 g/mol. The molecule has 2 rings (SSSR count). The fourth-order valence-electron chi connectivity index (χ4n) is 1.88. The van der Waals surface area contributed by atoms with Gasteiger partial charge in [-0.1, -0.05) is 0 Å². The normalized spacial score (nSPS) is 24.7. The molecule has 4 heteroatoms. The molecule has 2 nitrogen and oxygen atoms in total. The van der Waals surface area contributed by atoms with Gasteiger partial charge in [-0.05, 0) is 31.9 Å². The van der Waals surface area contributed by atoms with Crippen molar-refractivity contribution in [1.29, 1.82) is 0 Å². The zero-order chi connectivity index (χ0) is 11.7. The van der Waals surface area contributed by atoms with Crippen LogP contribution < -0.4 is 0 Å². The van der Waals surface area contributed by atoms with E-state index in [0.717, 1.165) is 24.6 Å². The molecule has 0 spiro atoms. The zero-order valence-electron chi connectivity index (χ0n) is 8.87. The van der Waals surface area contributed by atoms with E-state index in [1.807, 2.05) is 6.92 Å². The molecule has 1 aliphatic heterocycles. The van der Waals surface area contributed by atoms with E-state index in [-0.39, 0.29) is 17.5 Å². The van der Waals surface area contributed by atoms with E-state index in [4.69, 9.17) is 4.74 Å². The van der Waals surface area contributed by atoms with Crippen molar-refractivity contribution < 1.29 is 18.3 Å². The van der Waals surface area contributed by atoms with Crippen LogP contribution in [0.4, 0.5) is 8.78 Å². The molecule has 16 heavy (non-hydrogen) atoms. The topological polar surface area (TPSA) is 26.3 Å². The highest BCUT2D eigenvalue weighted by Crippen LogP contribution is 2.23. The molecule has 0 saturated carbocycles. The summed E-state index contributed by atoms with van der Waals surface area (Å²) in [5.74, 6) is -1.83. The van der Waals surface area contributed by atoms with Crippen molar-refractivity contribution in [2.75, 3.05) is 0 Å². The summed E-state index contributed by atoms with van der Waals surface area (Å²) in [5, 5.41) is 0. The molecule has 2 atom stereocenters. The Morgan fingerprint density at radius 1 is 1.25 bits per heavy atom. The van der Waals surface area contributed by atoms with Crippen LogP contribution in [0.25, 0.3) is 0 Å². The van der Waals surface area contributed by atoms with Gasteiger partial charge in [-0.3, -0.25) is 4.79 Å². The maximum atomic E-state index is 12.9. The maximum absolute atomic E-state index is 12.9. The second-order valence-corrected chi connectivity index (χ2v) is 4.04. The molecule has 0 N–H and O–H groups in total. The average molecular weight is 226 g/mol. The fourth-order valence-corrected chi connectivity index (χ4v) is 1.88. The minimum absolute atomic E-state index is 0.0346. The number of ketones is 1. The highest BCUT2D eigenvalue weighted by atomic mass is 19.1. The molecule has 2 unspecified atom stereocenters. The first-order chi connectivity index (χ1) is 7.56. The summed E-state index contributed by atoms with van der Waals surface area (Å²) in [4.78, 5) is 11.8. The molecule has 1 fully saturated rings. The minimum Gasteiger partial charge on any atom is -0.367 e. The lowest BCUT2D eigenvalue weighted by molar-refractivity contribution is 0.0433.